The van der Waals surface area contributed by atoms with Gasteiger partial charge in [0.15, 0.2) is 0 Å². The van der Waals surface area contributed by atoms with E-state index < -0.39 is 0 Å². The first-order chi connectivity index (χ1) is 22.2. The number of allylic oxidation sites excluding steroid dienone is 8. The van der Waals surface area contributed by atoms with Gasteiger partial charge in [0.05, 0.1) is 0 Å². The number of benzene rings is 3. The Morgan fingerprint density at radius 1 is 0.771 bits per heavy atom. The van der Waals surface area contributed by atoms with Gasteiger partial charge in [0.2, 0.25) is 0 Å². The molecule has 0 spiro atoms. The molecule has 0 radical (unpaired) electrons. The molecular weight excluding hydrogens is 656 g/mol. The molecule has 0 aromatic heterocycles. The molecule has 3 aliphatic rings. The van der Waals surface area contributed by atoms with Gasteiger partial charge in [0.25, 0.3) is 0 Å². The molecule has 48 heavy (non-hydrogen) atoms. The van der Waals surface area contributed by atoms with Crippen molar-refractivity contribution in [1.29, 1.82) is 0 Å². The van der Waals surface area contributed by atoms with Gasteiger partial charge in [-0.05, 0) is 33.1 Å². The Labute approximate surface area is 306 Å². The molecule has 1 heteroatoms. The van der Waals surface area contributed by atoms with E-state index in [1.54, 1.807) is 3.21 Å². The van der Waals surface area contributed by atoms with Crippen molar-refractivity contribution in [2.75, 3.05) is 0 Å². The summed E-state index contributed by atoms with van der Waals surface area (Å²) in [6, 6.07) is 22.9. The Kier molecular flexibility index (Phi) is 10.0. The molecule has 0 heterocycles. The van der Waals surface area contributed by atoms with Crippen LogP contribution in [0.2, 0.25) is 0 Å². The summed E-state index contributed by atoms with van der Waals surface area (Å²) in [5, 5.41) is 5.58. The first-order valence-electron chi connectivity index (χ1n) is 17.8. The predicted molar refractivity (Wildman–Crippen MR) is 210 cm³/mol. The third-order valence-electron chi connectivity index (χ3n) is 10.1. The zero-order valence-corrected chi connectivity index (χ0v) is 34.3. The summed E-state index contributed by atoms with van der Waals surface area (Å²) in [4.78, 5) is 0. The summed E-state index contributed by atoms with van der Waals surface area (Å²) in [6.45, 7) is 29.9. The third-order valence-corrected chi connectivity index (χ3v) is 11.7. The Bertz CT molecular complexity index is 1880. The van der Waals surface area contributed by atoms with E-state index in [4.69, 9.17) is 0 Å². The quantitative estimate of drug-likeness (QED) is 0.182. The fourth-order valence-electron chi connectivity index (χ4n) is 7.49. The van der Waals surface area contributed by atoms with E-state index in [9.17, 15) is 0 Å². The average Bonchev–Trinajstić information content (AvgIpc) is 3.71. The second-order valence-electron chi connectivity index (χ2n) is 17.4. The molecule has 7 rings (SSSR count). The molecular formula is C47H56Zr. The van der Waals surface area contributed by atoms with Crippen molar-refractivity contribution in [2.24, 2.45) is 16.7 Å². The molecule has 4 aromatic rings. The second kappa shape index (κ2) is 13.2. The van der Waals surface area contributed by atoms with E-state index in [-0.39, 0.29) is 21.7 Å². The Morgan fingerprint density at radius 3 is 1.56 bits per heavy atom. The zero-order chi connectivity index (χ0) is 35.4. The Morgan fingerprint density at radius 2 is 1.23 bits per heavy atom. The molecule has 0 saturated heterocycles. The molecule has 0 amide bonds. The van der Waals surface area contributed by atoms with Gasteiger partial charge < -0.3 is 0 Å². The monoisotopic (exact) mass is 710 g/mol. The van der Waals surface area contributed by atoms with Crippen LogP contribution in [0.15, 0.2) is 90.5 Å². The molecule has 1 unspecified atom stereocenters. The molecule has 0 N–H and O–H groups in total. The number of hydrogen-bond acceptors (Lipinski definition) is 0. The molecule has 1 atom stereocenters. The summed E-state index contributed by atoms with van der Waals surface area (Å²) >= 11 is 1.54. The molecule has 4 aromatic carbocycles. The molecule has 3 aliphatic carbocycles. The van der Waals surface area contributed by atoms with E-state index in [1.165, 1.54) is 96.7 Å². The molecule has 0 aliphatic heterocycles. The summed E-state index contributed by atoms with van der Waals surface area (Å²) in [5.74, 6) is 0.556. The van der Waals surface area contributed by atoms with Crippen molar-refractivity contribution in [2.45, 2.75) is 107 Å². The van der Waals surface area contributed by atoms with Crippen molar-refractivity contribution < 1.29 is 24.2 Å². The standard InChI is InChI=1S/C31H37.C9H10.C7H9.Zr/c1-28(2,3)26-16-30(7,8)24-12-18-11-19-13-25-23(15-21(19)20(18)14-22(24)26)27(29(4,5)6)17-31(25,9)10;1-2-6-9-7-4-3-5-8-9;1-6-3-4-7(2)5-6;/h11-17H,1-10H3;3-5,7-8H,2H2,1H3;3,5,7H,1-2H3;/q-1;;-1;+2. The van der Waals surface area contributed by atoms with Crippen LogP contribution in [0.25, 0.3) is 32.7 Å². The summed E-state index contributed by atoms with van der Waals surface area (Å²) < 4.78 is 1.55. The molecule has 0 bridgehead atoms. The maximum absolute atomic E-state index is 3.15. The minimum absolute atomic E-state index is 0.0848. The van der Waals surface area contributed by atoms with Crippen LogP contribution in [-0.2, 0) is 35.1 Å². The van der Waals surface area contributed by atoms with E-state index in [2.05, 4.69) is 175 Å². The van der Waals surface area contributed by atoms with E-state index in [0.717, 1.165) is 0 Å². The maximum atomic E-state index is 3.15. The van der Waals surface area contributed by atoms with E-state index >= 15 is 0 Å². The molecule has 0 nitrogen and oxygen atoms in total. The topological polar surface area (TPSA) is 0 Å². The predicted octanol–water partition coefficient (Wildman–Crippen LogP) is 13.3. The van der Waals surface area contributed by atoms with Gasteiger partial charge in [0.1, 0.15) is 0 Å². The Balaban J connectivity index is 0.000000216. The first kappa shape index (κ1) is 36.5. The van der Waals surface area contributed by atoms with Gasteiger partial charge in [-0.3, -0.25) is 6.08 Å². The molecule has 248 valence electrons. The summed E-state index contributed by atoms with van der Waals surface area (Å²) in [5.41, 5.74) is 12.0. The van der Waals surface area contributed by atoms with Crippen LogP contribution in [0.4, 0.5) is 0 Å². The van der Waals surface area contributed by atoms with Gasteiger partial charge in [-0.1, -0.05) is 117 Å². The van der Waals surface area contributed by atoms with Crippen molar-refractivity contribution in [3.8, 4) is 0 Å². The van der Waals surface area contributed by atoms with Crippen molar-refractivity contribution in [1.82, 2.24) is 0 Å². The van der Waals surface area contributed by atoms with Crippen LogP contribution in [0.5, 0.6) is 0 Å². The summed E-state index contributed by atoms with van der Waals surface area (Å²) in [7, 11) is 0. The summed E-state index contributed by atoms with van der Waals surface area (Å²) in [6.07, 6.45) is 13.6. The van der Waals surface area contributed by atoms with Gasteiger partial charge in [-0.25, -0.2) is 11.6 Å². The van der Waals surface area contributed by atoms with Gasteiger partial charge in [-0.2, -0.15) is 6.08 Å². The fourth-order valence-corrected chi connectivity index (χ4v) is 7.90. The van der Waals surface area contributed by atoms with Crippen LogP contribution < -0.4 is 0 Å². The minimum atomic E-state index is 0.0848. The second-order valence-corrected chi connectivity index (χ2v) is 18.9. The fraction of sp³-hybridized carbons (Fsp3) is 0.404. The van der Waals surface area contributed by atoms with Crippen LogP contribution in [-0.4, -0.2) is 3.21 Å². The first-order valence-corrected chi connectivity index (χ1v) is 19.1. The third kappa shape index (κ3) is 7.38. The number of fused-ring (bicyclic) bond motifs is 5. The van der Waals surface area contributed by atoms with Gasteiger partial charge in [0, 0.05) is 10.8 Å². The van der Waals surface area contributed by atoms with Crippen molar-refractivity contribution in [3.63, 3.8) is 0 Å². The van der Waals surface area contributed by atoms with Gasteiger partial charge >= 0.3 is 76.7 Å². The number of hydrogen-bond donors (Lipinski definition) is 0. The van der Waals surface area contributed by atoms with Crippen LogP contribution in [0.1, 0.15) is 124 Å². The van der Waals surface area contributed by atoms with E-state index in [0.29, 0.717) is 5.92 Å². The number of rotatable bonds is 2. The normalized spacial score (nSPS) is 18.7. The average molecular weight is 712 g/mol. The molecule has 0 saturated carbocycles. The molecule has 0 fully saturated rings. The van der Waals surface area contributed by atoms with Crippen molar-refractivity contribution >= 4 is 35.9 Å². The van der Waals surface area contributed by atoms with Crippen LogP contribution >= 0.6 is 0 Å². The van der Waals surface area contributed by atoms with Crippen LogP contribution in [0, 0.1) is 22.8 Å². The Hall–Kier alpha value is -2.76. The SMILES string of the molecule is CC(C)(C)C1=CC(C)(C)c2cc3[cH-]c4cc5c(cc4c3cc21)C(C(C)(C)C)=CC5(C)C.CC1=CC(C)[C-]=C1.CC[C](=[Zr+2])c1ccccc1. The van der Waals surface area contributed by atoms with E-state index in [1.807, 2.05) is 6.08 Å². The van der Waals surface area contributed by atoms with Crippen molar-refractivity contribution in [3.05, 3.63) is 124 Å². The zero-order valence-electron chi connectivity index (χ0n) is 31.9. The van der Waals surface area contributed by atoms with Gasteiger partial charge in [-0.15, -0.1) is 46.7 Å². The van der Waals surface area contributed by atoms with Crippen LogP contribution in [0.3, 0.4) is 0 Å².